The molecule has 4 aliphatic carbocycles. The van der Waals surface area contributed by atoms with E-state index in [9.17, 15) is 10.2 Å². The Kier molecular flexibility index (Phi) is 3.54. The first-order valence-corrected chi connectivity index (χ1v) is 10.1. The molecule has 0 aromatic heterocycles. The minimum absolute atomic E-state index is 0.0634. The van der Waals surface area contributed by atoms with Crippen LogP contribution in [-0.2, 0) is 0 Å². The molecule has 0 heterocycles. The fraction of sp³-hybridized carbons (Fsp3) is 1.00. The zero-order valence-electron chi connectivity index (χ0n) is 15.5. The minimum Gasteiger partial charge on any atom is -0.393 e. The van der Waals surface area contributed by atoms with Crippen molar-refractivity contribution < 1.29 is 10.2 Å². The molecular weight excluding hydrogens is 284 g/mol. The summed E-state index contributed by atoms with van der Waals surface area (Å²) in [6, 6.07) is 0. The van der Waals surface area contributed by atoms with Crippen molar-refractivity contribution >= 4 is 0 Å². The molecule has 4 saturated carbocycles. The molecule has 0 saturated heterocycles. The van der Waals surface area contributed by atoms with E-state index in [4.69, 9.17) is 0 Å². The number of fused-ring (bicyclic) bond motifs is 5. The lowest BCUT2D eigenvalue weighted by atomic mass is 9.41. The number of rotatable bonds is 0. The number of aliphatic hydroxyl groups excluding tert-OH is 2. The summed E-state index contributed by atoms with van der Waals surface area (Å²) in [4.78, 5) is 0. The summed E-state index contributed by atoms with van der Waals surface area (Å²) in [6.07, 6.45) is 9.38. The summed E-state index contributed by atoms with van der Waals surface area (Å²) in [5.41, 5.74) is 0.655. The fourth-order valence-electron chi connectivity index (χ4n) is 8.06. The maximum Gasteiger partial charge on any atom is 0.0596 e. The smallest absolute Gasteiger partial charge is 0.0596 e. The highest BCUT2D eigenvalue weighted by molar-refractivity contribution is 5.12. The Bertz CT molecular complexity index is 486. The van der Waals surface area contributed by atoms with Crippen molar-refractivity contribution in [3.05, 3.63) is 0 Å². The van der Waals surface area contributed by atoms with Crippen LogP contribution in [0.1, 0.15) is 79.1 Å². The molecule has 4 fully saturated rings. The maximum absolute atomic E-state index is 10.6. The summed E-state index contributed by atoms with van der Waals surface area (Å²) in [6.45, 7) is 9.55. The topological polar surface area (TPSA) is 40.5 Å². The molecule has 0 amide bonds. The van der Waals surface area contributed by atoms with Gasteiger partial charge in [0.1, 0.15) is 0 Å². The quantitative estimate of drug-likeness (QED) is 0.695. The molecule has 2 nitrogen and oxygen atoms in total. The van der Waals surface area contributed by atoms with E-state index in [1.165, 1.54) is 38.5 Å². The van der Waals surface area contributed by atoms with Gasteiger partial charge in [-0.25, -0.2) is 0 Å². The van der Waals surface area contributed by atoms with E-state index in [2.05, 4.69) is 27.7 Å². The van der Waals surface area contributed by atoms with Crippen molar-refractivity contribution in [1.29, 1.82) is 0 Å². The van der Waals surface area contributed by atoms with E-state index in [0.717, 1.165) is 30.6 Å². The van der Waals surface area contributed by atoms with Gasteiger partial charge in [-0.1, -0.05) is 27.7 Å². The lowest BCUT2D eigenvalue weighted by molar-refractivity contribution is -0.180. The monoisotopic (exact) mass is 320 g/mol. The summed E-state index contributed by atoms with van der Waals surface area (Å²) < 4.78 is 0. The van der Waals surface area contributed by atoms with E-state index in [1.54, 1.807) is 0 Å². The van der Waals surface area contributed by atoms with Crippen LogP contribution in [0.25, 0.3) is 0 Å². The fourth-order valence-corrected chi connectivity index (χ4v) is 8.06. The van der Waals surface area contributed by atoms with E-state index in [-0.39, 0.29) is 23.0 Å². The molecule has 0 unspecified atom stereocenters. The van der Waals surface area contributed by atoms with Crippen LogP contribution in [0.5, 0.6) is 0 Å². The Hall–Kier alpha value is -0.0800. The molecule has 0 aliphatic heterocycles. The second-order valence-electron chi connectivity index (χ2n) is 10.5. The number of hydrogen-bond donors (Lipinski definition) is 2. The van der Waals surface area contributed by atoms with Crippen molar-refractivity contribution in [2.24, 2.45) is 39.9 Å². The van der Waals surface area contributed by atoms with Gasteiger partial charge >= 0.3 is 0 Å². The van der Waals surface area contributed by atoms with E-state index in [1.807, 2.05) is 0 Å². The zero-order chi connectivity index (χ0) is 16.6. The standard InChI is InChI=1S/C21H36O2/c1-19(2)16-7-5-13-14-6-8-18(23)21(14,4)11-9-15(13)20(16,3)12-10-17(19)22/h13-18,22-23H,5-12H2,1-4H3/t13-,14-,15-,16+,17-,18+,20-,21+/m1/s1. The Morgan fingerprint density at radius 2 is 1.30 bits per heavy atom. The van der Waals surface area contributed by atoms with E-state index in [0.29, 0.717) is 11.3 Å². The molecule has 4 rings (SSSR count). The van der Waals surface area contributed by atoms with Crippen LogP contribution >= 0.6 is 0 Å². The lowest BCUT2D eigenvalue weighted by Gasteiger charge is -2.64. The number of hydrogen-bond acceptors (Lipinski definition) is 2. The SMILES string of the molecule is CC1(C)[C@H](O)CC[C@]2(C)[C@@H]3CC[C@@]4(C)[C@H](CC[C@@H]4O)[C@H]3CC[C@@H]12. The normalized spacial score (nSPS) is 58.2. The van der Waals surface area contributed by atoms with Crippen LogP contribution in [0, 0.1) is 39.9 Å². The van der Waals surface area contributed by atoms with Gasteiger partial charge in [-0.3, -0.25) is 0 Å². The van der Waals surface area contributed by atoms with E-state index < -0.39 is 0 Å². The molecule has 0 spiro atoms. The van der Waals surface area contributed by atoms with Crippen molar-refractivity contribution in [2.45, 2.75) is 91.3 Å². The average Bonchev–Trinajstić information content (AvgIpc) is 2.79. The van der Waals surface area contributed by atoms with Gasteiger partial charge in [-0.05, 0) is 91.3 Å². The summed E-state index contributed by atoms with van der Waals surface area (Å²) in [5, 5.41) is 21.1. The predicted octanol–water partition coefficient (Wildman–Crippen LogP) is 4.39. The van der Waals surface area contributed by atoms with Gasteiger partial charge in [0.15, 0.2) is 0 Å². The Morgan fingerprint density at radius 3 is 2.04 bits per heavy atom. The third-order valence-corrected chi connectivity index (χ3v) is 9.53. The molecule has 4 aliphatic rings. The summed E-state index contributed by atoms with van der Waals surface area (Å²) in [7, 11) is 0. The van der Waals surface area contributed by atoms with Crippen molar-refractivity contribution in [1.82, 2.24) is 0 Å². The molecule has 0 radical (unpaired) electrons. The molecule has 0 aromatic rings. The van der Waals surface area contributed by atoms with Gasteiger partial charge < -0.3 is 10.2 Å². The Morgan fingerprint density at radius 1 is 0.652 bits per heavy atom. The first-order valence-electron chi connectivity index (χ1n) is 10.1. The van der Waals surface area contributed by atoms with Gasteiger partial charge in [-0.15, -0.1) is 0 Å². The maximum atomic E-state index is 10.6. The molecule has 8 atom stereocenters. The molecule has 0 bridgehead atoms. The van der Waals surface area contributed by atoms with Crippen LogP contribution < -0.4 is 0 Å². The number of aliphatic hydroxyl groups is 2. The first kappa shape index (κ1) is 16.4. The molecule has 132 valence electrons. The highest BCUT2D eigenvalue weighted by Gasteiger charge is 2.62. The Labute approximate surface area is 142 Å². The lowest BCUT2D eigenvalue weighted by Crippen LogP contribution is -2.59. The third-order valence-electron chi connectivity index (χ3n) is 9.53. The van der Waals surface area contributed by atoms with Gasteiger partial charge in [0.25, 0.3) is 0 Å². The largest absolute Gasteiger partial charge is 0.393 e. The first-order chi connectivity index (χ1) is 10.7. The highest BCUT2D eigenvalue weighted by atomic mass is 16.3. The van der Waals surface area contributed by atoms with Crippen LogP contribution in [0.2, 0.25) is 0 Å². The molecular formula is C21H36O2. The zero-order valence-corrected chi connectivity index (χ0v) is 15.5. The third kappa shape index (κ3) is 2.00. The average molecular weight is 321 g/mol. The van der Waals surface area contributed by atoms with Crippen LogP contribution in [0.4, 0.5) is 0 Å². The van der Waals surface area contributed by atoms with E-state index >= 15 is 0 Å². The molecule has 23 heavy (non-hydrogen) atoms. The van der Waals surface area contributed by atoms with Gasteiger partial charge in [0.2, 0.25) is 0 Å². The minimum atomic E-state index is -0.126. The van der Waals surface area contributed by atoms with Crippen molar-refractivity contribution in [2.75, 3.05) is 0 Å². The van der Waals surface area contributed by atoms with Gasteiger partial charge in [0, 0.05) is 0 Å². The Balaban J connectivity index is 1.67. The van der Waals surface area contributed by atoms with Crippen molar-refractivity contribution in [3.63, 3.8) is 0 Å². The van der Waals surface area contributed by atoms with Crippen LogP contribution in [-0.4, -0.2) is 22.4 Å². The molecule has 2 N–H and O–H groups in total. The highest BCUT2D eigenvalue weighted by Crippen LogP contribution is 2.68. The summed E-state index contributed by atoms with van der Waals surface area (Å²) >= 11 is 0. The second-order valence-corrected chi connectivity index (χ2v) is 10.5. The second kappa shape index (κ2) is 4.97. The van der Waals surface area contributed by atoms with Crippen molar-refractivity contribution in [3.8, 4) is 0 Å². The molecule has 2 heteroatoms. The van der Waals surface area contributed by atoms with Gasteiger partial charge in [-0.2, -0.15) is 0 Å². The summed E-state index contributed by atoms with van der Waals surface area (Å²) in [5.74, 6) is 3.04. The van der Waals surface area contributed by atoms with Crippen LogP contribution in [0.3, 0.4) is 0 Å². The molecule has 0 aromatic carbocycles. The predicted molar refractivity (Wildman–Crippen MR) is 92.9 cm³/mol. The van der Waals surface area contributed by atoms with Crippen LogP contribution in [0.15, 0.2) is 0 Å². The van der Waals surface area contributed by atoms with Gasteiger partial charge in [0.05, 0.1) is 12.2 Å².